The van der Waals surface area contributed by atoms with Crippen LogP contribution in [0, 0.1) is 0 Å². The number of benzene rings is 2. The molecule has 0 bridgehead atoms. The fourth-order valence-electron chi connectivity index (χ4n) is 2.18. The molecule has 126 valence electrons. The summed E-state index contributed by atoms with van der Waals surface area (Å²) in [7, 11) is 3.23. The van der Waals surface area contributed by atoms with Gasteiger partial charge in [-0.25, -0.2) is 5.43 Å². The molecule has 0 aromatic heterocycles. The van der Waals surface area contributed by atoms with Gasteiger partial charge in [0.15, 0.2) is 0 Å². The zero-order chi connectivity index (χ0) is 17.5. The molecule has 0 fully saturated rings. The fourth-order valence-corrected chi connectivity index (χ4v) is 2.40. The van der Waals surface area contributed by atoms with Crippen molar-refractivity contribution in [1.29, 1.82) is 0 Å². The molecule has 1 amide bonds. The second kappa shape index (κ2) is 8.47. The number of hydrogen-bond acceptors (Lipinski definition) is 4. The highest BCUT2D eigenvalue weighted by Gasteiger charge is 2.10. The number of hydrogen-bond donors (Lipinski definition) is 1. The van der Waals surface area contributed by atoms with Crippen molar-refractivity contribution in [2.45, 2.75) is 13.5 Å². The van der Waals surface area contributed by atoms with Crippen molar-refractivity contribution in [2.24, 2.45) is 5.10 Å². The Morgan fingerprint density at radius 2 is 1.96 bits per heavy atom. The maximum atomic E-state index is 12.1. The van der Waals surface area contributed by atoms with E-state index in [1.165, 1.54) is 0 Å². The first-order chi connectivity index (χ1) is 11.6. The Morgan fingerprint density at radius 3 is 2.62 bits per heavy atom. The molecule has 0 radical (unpaired) electrons. The van der Waals surface area contributed by atoms with E-state index in [-0.39, 0.29) is 5.91 Å². The van der Waals surface area contributed by atoms with Crippen molar-refractivity contribution >= 4 is 23.2 Å². The van der Waals surface area contributed by atoms with Crippen molar-refractivity contribution in [2.75, 3.05) is 14.2 Å². The quantitative estimate of drug-likeness (QED) is 0.641. The summed E-state index contributed by atoms with van der Waals surface area (Å²) in [6, 6.07) is 12.5. The minimum atomic E-state index is -0.356. The van der Waals surface area contributed by atoms with Gasteiger partial charge in [-0.1, -0.05) is 23.7 Å². The second-order valence-corrected chi connectivity index (χ2v) is 5.48. The lowest BCUT2D eigenvalue weighted by atomic mass is 10.1. The number of rotatable bonds is 6. The molecule has 2 aromatic carbocycles. The van der Waals surface area contributed by atoms with Gasteiger partial charge in [0, 0.05) is 12.7 Å². The number of nitrogens with zero attached hydrogens (tertiary/aromatic N) is 1. The van der Waals surface area contributed by atoms with Gasteiger partial charge in [-0.3, -0.25) is 4.79 Å². The van der Waals surface area contributed by atoms with E-state index < -0.39 is 0 Å². The number of carbonyl (C=O) groups is 1. The van der Waals surface area contributed by atoms with Gasteiger partial charge in [0.05, 0.1) is 30.0 Å². The van der Waals surface area contributed by atoms with Gasteiger partial charge < -0.3 is 9.47 Å². The van der Waals surface area contributed by atoms with E-state index in [0.29, 0.717) is 22.9 Å². The lowest BCUT2D eigenvalue weighted by Gasteiger charge is -2.10. The predicted molar refractivity (Wildman–Crippen MR) is 94.8 cm³/mol. The highest BCUT2D eigenvalue weighted by molar-refractivity contribution is 6.33. The maximum absolute atomic E-state index is 12.1. The van der Waals surface area contributed by atoms with Crippen LogP contribution in [-0.4, -0.2) is 25.8 Å². The van der Waals surface area contributed by atoms with Crippen LogP contribution in [0.3, 0.4) is 0 Å². The molecular weight excluding hydrogens is 328 g/mol. The van der Waals surface area contributed by atoms with Crippen LogP contribution in [0.1, 0.15) is 28.4 Å². The Bertz CT molecular complexity index is 760. The SMILES string of the molecule is COCc1cc(/C(C)=N\NC(=O)c2ccccc2Cl)ccc1OC. The van der Waals surface area contributed by atoms with Gasteiger partial charge in [-0.05, 0) is 42.8 Å². The van der Waals surface area contributed by atoms with Crippen LogP contribution < -0.4 is 10.2 Å². The van der Waals surface area contributed by atoms with Crippen LogP contribution >= 0.6 is 11.6 Å². The zero-order valence-electron chi connectivity index (χ0n) is 13.8. The van der Waals surface area contributed by atoms with E-state index in [0.717, 1.165) is 16.9 Å². The van der Waals surface area contributed by atoms with Crippen LogP contribution in [0.5, 0.6) is 5.75 Å². The lowest BCUT2D eigenvalue weighted by molar-refractivity contribution is 0.0955. The molecule has 0 saturated carbocycles. The van der Waals surface area contributed by atoms with Gasteiger partial charge in [0.25, 0.3) is 5.91 Å². The minimum Gasteiger partial charge on any atom is -0.496 e. The highest BCUT2D eigenvalue weighted by Crippen LogP contribution is 2.21. The Labute approximate surface area is 146 Å². The third kappa shape index (κ3) is 4.34. The summed E-state index contributed by atoms with van der Waals surface area (Å²) >= 11 is 6.00. The first-order valence-electron chi connectivity index (χ1n) is 7.32. The summed E-state index contributed by atoms with van der Waals surface area (Å²) in [5.41, 5.74) is 5.33. The summed E-state index contributed by atoms with van der Waals surface area (Å²) in [5, 5.41) is 4.53. The molecule has 0 atom stereocenters. The van der Waals surface area contributed by atoms with E-state index in [2.05, 4.69) is 10.5 Å². The average Bonchev–Trinajstić information content (AvgIpc) is 2.60. The van der Waals surface area contributed by atoms with E-state index in [1.807, 2.05) is 25.1 Å². The van der Waals surface area contributed by atoms with Crippen molar-refractivity contribution in [3.63, 3.8) is 0 Å². The van der Waals surface area contributed by atoms with Gasteiger partial charge in [-0.15, -0.1) is 0 Å². The Kier molecular flexibility index (Phi) is 6.35. The third-order valence-electron chi connectivity index (χ3n) is 3.44. The van der Waals surface area contributed by atoms with Crippen LogP contribution in [0.2, 0.25) is 5.02 Å². The summed E-state index contributed by atoms with van der Waals surface area (Å²) in [4.78, 5) is 12.1. The molecule has 0 saturated heterocycles. The molecule has 0 aliphatic heterocycles. The molecule has 0 aliphatic rings. The van der Waals surface area contributed by atoms with Crippen LogP contribution in [0.4, 0.5) is 0 Å². The number of ether oxygens (including phenoxy) is 2. The minimum absolute atomic E-state index is 0.356. The van der Waals surface area contributed by atoms with Gasteiger partial charge in [0.2, 0.25) is 0 Å². The average molecular weight is 347 g/mol. The summed E-state index contributed by atoms with van der Waals surface area (Å²) < 4.78 is 10.5. The molecule has 0 unspecified atom stereocenters. The van der Waals surface area contributed by atoms with Crippen LogP contribution in [0.25, 0.3) is 0 Å². The largest absolute Gasteiger partial charge is 0.496 e. The van der Waals surface area contributed by atoms with Gasteiger partial charge >= 0.3 is 0 Å². The molecule has 2 aromatic rings. The Morgan fingerprint density at radius 1 is 1.21 bits per heavy atom. The van der Waals surface area contributed by atoms with E-state index >= 15 is 0 Å². The smallest absolute Gasteiger partial charge is 0.272 e. The molecular formula is C18H19ClN2O3. The van der Waals surface area contributed by atoms with E-state index in [4.69, 9.17) is 21.1 Å². The molecule has 5 nitrogen and oxygen atoms in total. The predicted octanol–water partition coefficient (Wildman–Crippen LogP) is 3.65. The second-order valence-electron chi connectivity index (χ2n) is 5.08. The number of hydrazone groups is 1. The van der Waals surface area contributed by atoms with Gasteiger partial charge in [0.1, 0.15) is 5.75 Å². The van der Waals surface area contributed by atoms with E-state index in [9.17, 15) is 4.79 Å². The maximum Gasteiger partial charge on any atom is 0.272 e. The first kappa shape index (κ1) is 18.0. The van der Waals surface area contributed by atoms with Gasteiger partial charge in [-0.2, -0.15) is 5.10 Å². The molecule has 0 heterocycles. The highest BCUT2D eigenvalue weighted by atomic mass is 35.5. The molecule has 0 aliphatic carbocycles. The third-order valence-corrected chi connectivity index (χ3v) is 3.77. The van der Waals surface area contributed by atoms with Crippen LogP contribution in [-0.2, 0) is 11.3 Å². The monoisotopic (exact) mass is 346 g/mol. The molecule has 1 N–H and O–H groups in total. The topological polar surface area (TPSA) is 59.9 Å². The normalized spacial score (nSPS) is 11.2. The Balaban J connectivity index is 2.17. The number of carbonyl (C=O) groups excluding carboxylic acids is 1. The van der Waals surface area contributed by atoms with Crippen molar-refractivity contribution in [3.8, 4) is 5.75 Å². The summed E-state index contributed by atoms with van der Waals surface area (Å²) in [5.74, 6) is 0.388. The van der Waals surface area contributed by atoms with Crippen molar-refractivity contribution < 1.29 is 14.3 Å². The van der Waals surface area contributed by atoms with E-state index in [1.54, 1.807) is 38.5 Å². The standard InChI is InChI=1S/C18H19ClN2O3/c1-12(13-8-9-17(24-3)14(10-13)11-23-2)20-21-18(22)15-6-4-5-7-16(15)19/h4-10H,11H2,1-3H3,(H,21,22)/b20-12-. The van der Waals surface area contributed by atoms with Crippen molar-refractivity contribution in [1.82, 2.24) is 5.43 Å². The number of nitrogens with one attached hydrogen (secondary N) is 1. The molecule has 24 heavy (non-hydrogen) atoms. The first-order valence-corrected chi connectivity index (χ1v) is 7.70. The summed E-state index contributed by atoms with van der Waals surface area (Å²) in [6.07, 6.45) is 0. The number of amides is 1. The number of halogens is 1. The molecule has 2 rings (SSSR count). The van der Waals surface area contributed by atoms with Crippen LogP contribution in [0.15, 0.2) is 47.6 Å². The van der Waals surface area contributed by atoms with Crippen molar-refractivity contribution in [3.05, 3.63) is 64.2 Å². The molecule has 0 spiro atoms. The lowest BCUT2D eigenvalue weighted by Crippen LogP contribution is -2.19. The molecule has 6 heteroatoms. The number of methoxy groups -OCH3 is 2. The Hall–Kier alpha value is -2.37. The fraction of sp³-hybridized carbons (Fsp3) is 0.222. The summed E-state index contributed by atoms with van der Waals surface area (Å²) in [6.45, 7) is 2.24. The zero-order valence-corrected chi connectivity index (χ0v) is 14.6.